The zero-order chi connectivity index (χ0) is 33.0. The molecule has 0 radical (unpaired) electrons. The molecule has 3 aliphatic rings. The molecule has 2 N–H and O–H groups in total. The molecule has 2 fully saturated rings. The summed E-state index contributed by atoms with van der Waals surface area (Å²) in [4.78, 5) is 51.2. The van der Waals surface area contributed by atoms with E-state index in [2.05, 4.69) is 20.2 Å². The Morgan fingerprint density at radius 2 is 1.83 bits per heavy atom. The van der Waals surface area contributed by atoms with Crippen molar-refractivity contribution in [3.05, 3.63) is 62.7 Å². The molecule has 0 atom stereocenters. The summed E-state index contributed by atoms with van der Waals surface area (Å²) in [5.41, 5.74) is -1.87. The predicted molar refractivity (Wildman–Crippen MR) is 162 cm³/mol. The molecule has 3 aliphatic heterocycles. The van der Waals surface area contributed by atoms with Gasteiger partial charge in [0.15, 0.2) is 17.9 Å². The van der Waals surface area contributed by atoms with E-state index in [0.29, 0.717) is 32.3 Å². The van der Waals surface area contributed by atoms with Crippen LogP contribution in [-0.4, -0.2) is 93.3 Å². The maximum Gasteiger partial charge on any atom is 0.263 e. The summed E-state index contributed by atoms with van der Waals surface area (Å²) in [5.74, 6) is -5.49. The number of carbonyl (C=O) groups is 2. The van der Waals surface area contributed by atoms with Crippen molar-refractivity contribution < 1.29 is 37.3 Å². The number of phenolic OH excluding ortho intramolecular Hbond substituents is 1. The number of rotatable bonds is 7. The quantitative estimate of drug-likeness (QED) is 0.222. The summed E-state index contributed by atoms with van der Waals surface area (Å²) in [7, 11) is 0. The van der Waals surface area contributed by atoms with Gasteiger partial charge in [-0.1, -0.05) is 11.6 Å². The van der Waals surface area contributed by atoms with Crippen molar-refractivity contribution in [2.75, 3.05) is 56.2 Å². The predicted octanol–water partition coefficient (Wildman–Crippen LogP) is 2.54. The fourth-order valence-electron chi connectivity index (χ4n) is 6.05. The van der Waals surface area contributed by atoms with E-state index in [1.807, 2.05) is 4.90 Å². The fourth-order valence-corrected chi connectivity index (χ4v) is 6.20. The second-order valence-corrected chi connectivity index (χ2v) is 11.8. The Kier molecular flexibility index (Phi) is 8.11. The van der Waals surface area contributed by atoms with Gasteiger partial charge in [0.25, 0.3) is 5.56 Å². The van der Waals surface area contributed by atoms with Crippen molar-refractivity contribution in [2.45, 2.75) is 25.7 Å². The number of carbonyl (C=O) groups excluding carboxylic acids is 2. The number of amides is 1. The van der Waals surface area contributed by atoms with Crippen LogP contribution in [0.15, 0.2) is 23.1 Å². The van der Waals surface area contributed by atoms with Crippen molar-refractivity contribution in [1.82, 2.24) is 24.0 Å². The van der Waals surface area contributed by atoms with Crippen LogP contribution < -0.4 is 15.8 Å². The van der Waals surface area contributed by atoms with E-state index in [0.717, 1.165) is 19.2 Å². The Labute approximate surface area is 269 Å². The average molecular weight is 674 g/mol. The Morgan fingerprint density at radius 1 is 1.06 bits per heavy atom. The highest BCUT2D eigenvalue weighted by Gasteiger charge is 2.30. The zero-order valence-corrected chi connectivity index (χ0v) is 25.4. The molecule has 1 amide bonds. The van der Waals surface area contributed by atoms with Gasteiger partial charge < -0.3 is 29.4 Å². The molecule has 4 aromatic rings. The number of phenols is 1. The molecular weight excluding hydrogens is 647 g/mol. The SMILES string of the molecule is O=Cc1cc(-c2cn(CC(=O)Nc3cc(N4CCN(C5COC5)CC4)nc(F)c3Cl)c3nc4n(c(=O)c23)CCOC4)c(F)c(F)c1O. The van der Waals surface area contributed by atoms with Crippen LogP contribution in [0.2, 0.25) is 5.02 Å². The number of hydrogen-bond donors (Lipinski definition) is 2. The molecule has 0 bridgehead atoms. The average Bonchev–Trinajstić information content (AvgIpc) is 3.39. The van der Waals surface area contributed by atoms with Crippen LogP contribution in [-0.2, 0) is 34.0 Å². The molecule has 0 saturated carbocycles. The monoisotopic (exact) mass is 673 g/mol. The van der Waals surface area contributed by atoms with Gasteiger partial charge in [-0.2, -0.15) is 8.78 Å². The molecule has 7 rings (SSSR count). The van der Waals surface area contributed by atoms with Gasteiger partial charge in [0.2, 0.25) is 17.7 Å². The van der Waals surface area contributed by atoms with Crippen molar-refractivity contribution in [3.63, 3.8) is 0 Å². The van der Waals surface area contributed by atoms with Crippen molar-refractivity contribution in [1.29, 1.82) is 0 Å². The van der Waals surface area contributed by atoms with Crippen LogP contribution in [0.3, 0.4) is 0 Å². The largest absolute Gasteiger partial charge is 0.504 e. The number of benzene rings is 1. The molecule has 47 heavy (non-hydrogen) atoms. The molecule has 0 spiro atoms. The third kappa shape index (κ3) is 5.50. The third-order valence-corrected chi connectivity index (χ3v) is 9.00. The summed E-state index contributed by atoms with van der Waals surface area (Å²) >= 11 is 6.20. The van der Waals surface area contributed by atoms with E-state index in [9.17, 15) is 28.3 Å². The highest BCUT2D eigenvalue weighted by molar-refractivity contribution is 6.33. The lowest BCUT2D eigenvalue weighted by molar-refractivity contribution is -0.116. The maximum absolute atomic E-state index is 15.2. The van der Waals surface area contributed by atoms with E-state index in [1.54, 1.807) is 0 Å². The highest BCUT2D eigenvalue weighted by atomic mass is 35.5. The number of anilines is 2. The number of fused-ring (bicyclic) bond motifs is 2. The smallest absolute Gasteiger partial charge is 0.263 e. The van der Waals surface area contributed by atoms with E-state index < -0.39 is 57.5 Å². The number of nitrogens with one attached hydrogen (secondary N) is 1. The van der Waals surface area contributed by atoms with E-state index in [1.165, 1.54) is 21.4 Å². The van der Waals surface area contributed by atoms with Gasteiger partial charge in [0.1, 0.15) is 35.5 Å². The normalized spacial score (nSPS) is 17.1. The van der Waals surface area contributed by atoms with Gasteiger partial charge in [-0.25, -0.2) is 14.4 Å². The van der Waals surface area contributed by atoms with Gasteiger partial charge in [-0.05, 0) is 6.07 Å². The maximum atomic E-state index is 15.2. The van der Waals surface area contributed by atoms with Crippen LogP contribution >= 0.6 is 11.6 Å². The highest BCUT2D eigenvalue weighted by Crippen LogP contribution is 2.36. The Balaban J connectivity index is 1.22. The number of halogens is 4. The number of nitrogens with zero attached hydrogens (tertiary/aromatic N) is 6. The molecule has 6 heterocycles. The van der Waals surface area contributed by atoms with Gasteiger partial charge >= 0.3 is 0 Å². The topological polar surface area (TPSA) is 144 Å². The van der Waals surface area contributed by atoms with Gasteiger partial charge in [0.05, 0.1) is 49.0 Å². The third-order valence-electron chi connectivity index (χ3n) is 8.64. The fraction of sp³-hybridized carbons (Fsp3) is 0.367. The molecule has 2 saturated heterocycles. The minimum absolute atomic E-state index is 0.00719. The van der Waals surface area contributed by atoms with E-state index >= 15 is 4.39 Å². The molecule has 1 aromatic carbocycles. The van der Waals surface area contributed by atoms with Crippen LogP contribution in [0.4, 0.5) is 24.7 Å². The Hall–Kier alpha value is -4.51. The minimum atomic E-state index is -1.67. The lowest BCUT2D eigenvalue weighted by atomic mass is 10.0. The van der Waals surface area contributed by atoms with Crippen LogP contribution in [0, 0.1) is 17.6 Å². The van der Waals surface area contributed by atoms with Crippen molar-refractivity contribution in [2.24, 2.45) is 0 Å². The number of hydrogen-bond acceptors (Lipinski definition) is 10. The first-order valence-electron chi connectivity index (χ1n) is 14.7. The summed E-state index contributed by atoms with van der Waals surface area (Å²) in [6.45, 7) is 3.82. The standard InChI is InChI=1S/C30H27ClF3N7O6/c31-24-19(8-20(36-28(24)34)39-3-1-38(2-4-39)16-12-47-13-16)35-22(43)10-40-9-18(17-7-15(11-42)27(44)26(33)25(17)32)23-29(40)37-21-14-46-6-5-41(21)30(23)45/h7-9,11,16,44H,1-6,10,12-14H2,(H,35,36,43). The van der Waals surface area contributed by atoms with Crippen LogP contribution in [0.1, 0.15) is 16.2 Å². The first-order valence-corrected chi connectivity index (χ1v) is 15.1. The van der Waals surface area contributed by atoms with Gasteiger partial charge in [0, 0.05) is 49.6 Å². The lowest BCUT2D eigenvalue weighted by Gasteiger charge is -2.42. The Morgan fingerprint density at radius 3 is 2.53 bits per heavy atom. The molecule has 3 aromatic heterocycles. The number of aromatic nitrogens is 4. The minimum Gasteiger partial charge on any atom is -0.504 e. The molecule has 0 aliphatic carbocycles. The number of aldehydes is 1. The number of aromatic hydroxyl groups is 1. The first-order chi connectivity index (χ1) is 22.6. The summed E-state index contributed by atoms with van der Waals surface area (Å²) in [6.07, 6.45) is 1.37. The number of pyridine rings is 1. The second-order valence-electron chi connectivity index (χ2n) is 11.4. The first kappa shape index (κ1) is 31.1. The van der Waals surface area contributed by atoms with Gasteiger partial charge in [-0.3, -0.25) is 23.9 Å². The lowest BCUT2D eigenvalue weighted by Crippen LogP contribution is -2.56. The van der Waals surface area contributed by atoms with E-state index in [4.69, 9.17) is 21.1 Å². The zero-order valence-electron chi connectivity index (χ0n) is 24.6. The molecule has 246 valence electrons. The molecule has 13 nitrogen and oxygen atoms in total. The second kappa shape index (κ2) is 12.3. The number of piperazine rings is 1. The summed E-state index contributed by atoms with van der Waals surface area (Å²) in [6, 6.07) is 2.75. The Bertz CT molecular complexity index is 1990. The van der Waals surface area contributed by atoms with Crippen molar-refractivity contribution in [3.8, 4) is 16.9 Å². The molecule has 0 unspecified atom stereocenters. The molecule has 17 heteroatoms. The number of ether oxygens (including phenoxy) is 2. The van der Waals surface area contributed by atoms with Gasteiger partial charge in [-0.15, -0.1) is 0 Å². The van der Waals surface area contributed by atoms with Crippen molar-refractivity contribution >= 4 is 46.3 Å². The summed E-state index contributed by atoms with van der Waals surface area (Å²) in [5, 5.41) is 11.9. The van der Waals surface area contributed by atoms with E-state index in [-0.39, 0.29) is 60.0 Å². The molecular formula is C30H27ClF3N7O6. The summed E-state index contributed by atoms with van der Waals surface area (Å²) < 4.78 is 58.0. The van der Waals surface area contributed by atoms with Crippen LogP contribution in [0.5, 0.6) is 5.75 Å². The van der Waals surface area contributed by atoms with Crippen LogP contribution in [0.25, 0.3) is 22.2 Å².